The van der Waals surface area contributed by atoms with Gasteiger partial charge in [0.1, 0.15) is 11.5 Å². The molecule has 27 heavy (non-hydrogen) atoms. The highest BCUT2D eigenvalue weighted by atomic mass is 79.9. The van der Waals surface area contributed by atoms with Crippen molar-refractivity contribution in [1.82, 2.24) is 4.98 Å². The minimum Gasteiger partial charge on any atom is -0.497 e. The normalized spacial score (nSPS) is 11.1. The molecule has 0 radical (unpaired) electrons. The number of fused-ring (bicyclic) bond motifs is 2. The summed E-state index contributed by atoms with van der Waals surface area (Å²) < 4.78 is 11.9. The summed E-state index contributed by atoms with van der Waals surface area (Å²) in [5.74, 6) is 1.06. The van der Waals surface area contributed by atoms with Crippen LogP contribution in [0, 0.1) is 0 Å². The van der Waals surface area contributed by atoms with Gasteiger partial charge in [0.15, 0.2) is 0 Å². The van der Waals surface area contributed by atoms with Crippen molar-refractivity contribution in [2.45, 2.75) is 13.3 Å². The first kappa shape index (κ1) is 17.6. The molecule has 4 aromatic rings. The second kappa shape index (κ2) is 7.08. The predicted molar refractivity (Wildman–Crippen MR) is 111 cm³/mol. The molecular formula is C22H18BrNO3. The van der Waals surface area contributed by atoms with Gasteiger partial charge in [-0.1, -0.05) is 28.1 Å². The van der Waals surface area contributed by atoms with Crippen molar-refractivity contribution in [3.8, 4) is 11.5 Å². The number of benzene rings is 3. The molecule has 1 aromatic heterocycles. The van der Waals surface area contributed by atoms with Crippen molar-refractivity contribution < 1.29 is 14.3 Å². The topological polar surface area (TPSA) is 51.3 Å². The van der Waals surface area contributed by atoms with Crippen LogP contribution in [-0.2, 0) is 11.2 Å². The van der Waals surface area contributed by atoms with E-state index in [1.54, 1.807) is 7.11 Å². The fourth-order valence-corrected chi connectivity index (χ4v) is 3.76. The van der Waals surface area contributed by atoms with Gasteiger partial charge in [-0.2, -0.15) is 0 Å². The van der Waals surface area contributed by atoms with Gasteiger partial charge >= 0.3 is 5.97 Å². The fourth-order valence-electron chi connectivity index (χ4n) is 3.40. The van der Waals surface area contributed by atoms with Gasteiger partial charge < -0.3 is 14.5 Å². The number of H-pyrrole nitrogens is 1. The van der Waals surface area contributed by atoms with Crippen LogP contribution in [-0.4, -0.2) is 18.1 Å². The van der Waals surface area contributed by atoms with Crippen molar-refractivity contribution in [1.29, 1.82) is 0 Å². The van der Waals surface area contributed by atoms with E-state index in [1.807, 2.05) is 48.7 Å². The van der Waals surface area contributed by atoms with Crippen LogP contribution in [0.25, 0.3) is 21.7 Å². The van der Waals surface area contributed by atoms with E-state index >= 15 is 0 Å². The first-order valence-electron chi connectivity index (χ1n) is 8.58. The molecule has 0 atom stereocenters. The van der Waals surface area contributed by atoms with Gasteiger partial charge in [0.2, 0.25) is 0 Å². The van der Waals surface area contributed by atoms with Gasteiger partial charge in [-0.3, -0.25) is 4.79 Å². The van der Waals surface area contributed by atoms with Crippen LogP contribution in [0.5, 0.6) is 11.5 Å². The summed E-state index contributed by atoms with van der Waals surface area (Å²) in [7, 11) is 1.65. The molecule has 3 aromatic carbocycles. The molecule has 1 heterocycles. The third-order valence-corrected chi connectivity index (χ3v) is 5.14. The summed E-state index contributed by atoms with van der Waals surface area (Å²) in [5, 5.41) is 3.23. The minimum absolute atomic E-state index is 0.328. The Morgan fingerprint density at radius 1 is 1.07 bits per heavy atom. The maximum atomic E-state index is 11.6. The molecule has 136 valence electrons. The van der Waals surface area contributed by atoms with Gasteiger partial charge in [-0.15, -0.1) is 0 Å². The standard InChI is InChI=1S/C22H18BrNO3/c1-13(25)27-22-8-3-14-9-17(26-2)5-6-18(14)20(22)10-15-12-24-21-7-4-16(23)11-19(15)21/h3-9,11-12,24H,10H2,1-2H3. The third-order valence-electron chi connectivity index (χ3n) is 4.65. The fraction of sp³-hybridized carbons (Fsp3) is 0.136. The Morgan fingerprint density at radius 3 is 2.70 bits per heavy atom. The molecular weight excluding hydrogens is 406 g/mol. The average Bonchev–Trinajstić information content (AvgIpc) is 3.04. The molecule has 0 amide bonds. The number of carbonyl (C=O) groups is 1. The number of halogens is 1. The second-order valence-electron chi connectivity index (χ2n) is 6.40. The number of rotatable bonds is 4. The molecule has 4 nitrogen and oxygen atoms in total. The Bertz CT molecular complexity index is 1160. The summed E-state index contributed by atoms with van der Waals surface area (Å²) in [6.07, 6.45) is 2.65. The highest BCUT2D eigenvalue weighted by Crippen LogP contribution is 2.34. The molecule has 0 aliphatic carbocycles. The number of methoxy groups -OCH3 is 1. The molecule has 0 aliphatic rings. The van der Waals surface area contributed by atoms with Gasteiger partial charge in [0, 0.05) is 40.5 Å². The summed E-state index contributed by atoms with van der Waals surface area (Å²) in [5.41, 5.74) is 3.19. The van der Waals surface area contributed by atoms with Crippen molar-refractivity contribution in [2.24, 2.45) is 0 Å². The van der Waals surface area contributed by atoms with Gasteiger partial charge in [-0.25, -0.2) is 0 Å². The van der Waals surface area contributed by atoms with E-state index in [9.17, 15) is 4.79 Å². The van der Waals surface area contributed by atoms with E-state index in [0.717, 1.165) is 43.0 Å². The molecule has 0 bridgehead atoms. The highest BCUT2D eigenvalue weighted by Gasteiger charge is 2.14. The largest absolute Gasteiger partial charge is 0.497 e. The second-order valence-corrected chi connectivity index (χ2v) is 7.32. The lowest BCUT2D eigenvalue weighted by Crippen LogP contribution is -2.05. The first-order valence-corrected chi connectivity index (χ1v) is 9.38. The zero-order valence-corrected chi connectivity index (χ0v) is 16.6. The van der Waals surface area contributed by atoms with E-state index in [-0.39, 0.29) is 5.97 Å². The molecule has 4 rings (SSSR count). The summed E-state index contributed by atoms with van der Waals surface area (Å²) >= 11 is 3.54. The van der Waals surface area contributed by atoms with Crippen molar-refractivity contribution in [2.75, 3.05) is 7.11 Å². The van der Waals surface area contributed by atoms with Crippen LogP contribution in [0.2, 0.25) is 0 Å². The maximum absolute atomic E-state index is 11.6. The molecule has 0 saturated heterocycles. The van der Waals surface area contributed by atoms with Crippen molar-refractivity contribution >= 4 is 43.6 Å². The van der Waals surface area contributed by atoms with Crippen molar-refractivity contribution in [3.05, 3.63) is 70.3 Å². The minimum atomic E-state index is -0.328. The Labute approximate surface area is 165 Å². The lowest BCUT2D eigenvalue weighted by molar-refractivity contribution is -0.131. The Hall–Kier alpha value is -2.79. The van der Waals surface area contributed by atoms with E-state index in [4.69, 9.17) is 9.47 Å². The average molecular weight is 424 g/mol. The number of nitrogens with one attached hydrogen (secondary N) is 1. The molecule has 0 aliphatic heterocycles. The van der Waals surface area contributed by atoms with Crippen LogP contribution >= 0.6 is 15.9 Å². The highest BCUT2D eigenvalue weighted by molar-refractivity contribution is 9.10. The number of ether oxygens (including phenoxy) is 2. The van der Waals surface area contributed by atoms with E-state index in [2.05, 4.69) is 27.0 Å². The predicted octanol–water partition coefficient (Wildman–Crippen LogP) is 5.61. The van der Waals surface area contributed by atoms with E-state index in [0.29, 0.717) is 12.2 Å². The zero-order chi connectivity index (χ0) is 19.0. The Kier molecular flexibility index (Phi) is 4.62. The molecule has 0 saturated carbocycles. The molecule has 5 heteroatoms. The van der Waals surface area contributed by atoms with Crippen molar-refractivity contribution in [3.63, 3.8) is 0 Å². The van der Waals surface area contributed by atoms with Gasteiger partial charge in [-0.05, 0) is 52.7 Å². The summed E-state index contributed by atoms with van der Waals surface area (Å²) in [6, 6.07) is 15.9. The van der Waals surface area contributed by atoms with Crippen LogP contribution in [0.1, 0.15) is 18.1 Å². The Morgan fingerprint density at radius 2 is 1.93 bits per heavy atom. The smallest absolute Gasteiger partial charge is 0.308 e. The third kappa shape index (κ3) is 3.43. The van der Waals surface area contributed by atoms with Gasteiger partial charge in [0.25, 0.3) is 0 Å². The zero-order valence-electron chi connectivity index (χ0n) is 15.0. The SMILES string of the molecule is COc1ccc2c(Cc3c[nH]c4ccc(Br)cc34)c(OC(C)=O)ccc2c1. The summed E-state index contributed by atoms with van der Waals surface area (Å²) in [6.45, 7) is 1.42. The number of carbonyl (C=O) groups excluding carboxylic acids is 1. The van der Waals surface area contributed by atoms with Crippen LogP contribution in [0.15, 0.2) is 59.2 Å². The maximum Gasteiger partial charge on any atom is 0.308 e. The number of hydrogen-bond acceptors (Lipinski definition) is 3. The van der Waals surface area contributed by atoms with Crippen LogP contribution in [0.4, 0.5) is 0 Å². The molecule has 0 spiro atoms. The quantitative estimate of drug-likeness (QED) is 0.342. The molecule has 1 N–H and O–H groups in total. The summed E-state index contributed by atoms with van der Waals surface area (Å²) in [4.78, 5) is 14.9. The Balaban J connectivity index is 1.88. The van der Waals surface area contributed by atoms with E-state index < -0.39 is 0 Å². The first-order chi connectivity index (χ1) is 13.0. The monoisotopic (exact) mass is 423 g/mol. The lowest BCUT2D eigenvalue weighted by Gasteiger charge is -2.13. The molecule has 0 unspecified atom stereocenters. The number of hydrogen-bond donors (Lipinski definition) is 1. The number of aromatic nitrogens is 1. The van der Waals surface area contributed by atoms with Crippen LogP contribution in [0.3, 0.4) is 0 Å². The van der Waals surface area contributed by atoms with Gasteiger partial charge in [0.05, 0.1) is 7.11 Å². The number of aromatic amines is 1. The lowest BCUT2D eigenvalue weighted by atomic mass is 9.97. The van der Waals surface area contributed by atoms with E-state index in [1.165, 1.54) is 6.92 Å². The van der Waals surface area contributed by atoms with Crippen LogP contribution < -0.4 is 9.47 Å². The number of esters is 1. The molecule has 0 fully saturated rings.